The topological polar surface area (TPSA) is 55.3 Å². The van der Waals surface area contributed by atoms with Crippen molar-refractivity contribution in [3.05, 3.63) is 36.2 Å². The second-order valence-electron chi connectivity index (χ2n) is 5.19. The zero-order valence-electron chi connectivity index (χ0n) is 11.6. The molecule has 0 bridgehead atoms. The van der Waals surface area contributed by atoms with Crippen LogP contribution in [0.5, 0.6) is 0 Å². The number of para-hydroxylation sites is 2. The predicted octanol–water partition coefficient (Wildman–Crippen LogP) is 1.88. The number of aromatic nitrogens is 2. The van der Waals surface area contributed by atoms with Crippen LogP contribution in [0.2, 0.25) is 0 Å². The fourth-order valence-electron chi connectivity index (χ4n) is 2.39. The van der Waals surface area contributed by atoms with Gasteiger partial charge in [0.2, 0.25) is 0 Å². The average molecular weight is 271 g/mol. The minimum absolute atomic E-state index is 0.0589. The quantitative estimate of drug-likeness (QED) is 0.794. The van der Waals surface area contributed by atoms with E-state index in [9.17, 15) is 4.79 Å². The van der Waals surface area contributed by atoms with E-state index in [-0.39, 0.29) is 18.1 Å². The van der Waals surface area contributed by atoms with Crippen molar-refractivity contribution in [3.63, 3.8) is 0 Å². The van der Waals surface area contributed by atoms with E-state index in [1.165, 1.54) is 0 Å². The van der Waals surface area contributed by atoms with Gasteiger partial charge in [-0.1, -0.05) is 12.1 Å². The number of hydrogen-bond acceptors (Lipinski definition) is 4. The Labute approximate surface area is 117 Å². The van der Waals surface area contributed by atoms with Crippen molar-refractivity contribution in [1.29, 1.82) is 0 Å². The average Bonchev–Trinajstić information content (AvgIpc) is 2.48. The lowest BCUT2D eigenvalue weighted by Gasteiger charge is -2.36. The predicted molar refractivity (Wildman–Crippen MR) is 75.5 cm³/mol. The van der Waals surface area contributed by atoms with Gasteiger partial charge in [0, 0.05) is 6.54 Å². The molecule has 104 valence electrons. The molecule has 1 aromatic carbocycles. The third kappa shape index (κ3) is 2.36. The molecule has 3 rings (SSSR count). The Morgan fingerprint density at radius 3 is 2.85 bits per heavy atom. The van der Waals surface area contributed by atoms with Gasteiger partial charge in [-0.3, -0.25) is 9.78 Å². The number of carbonyl (C=O) groups excluding carboxylic acids is 1. The first-order chi connectivity index (χ1) is 9.65. The van der Waals surface area contributed by atoms with Crippen molar-refractivity contribution < 1.29 is 9.53 Å². The maximum absolute atomic E-state index is 12.6. The highest BCUT2D eigenvalue weighted by Crippen LogP contribution is 2.16. The summed E-state index contributed by atoms with van der Waals surface area (Å²) in [6.45, 7) is 5.11. The zero-order valence-corrected chi connectivity index (χ0v) is 11.6. The molecule has 1 aliphatic rings. The van der Waals surface area contributed by atoms with Gasteiger partial charge in [-0.2, -0.15) is 0 Å². The van der Waals surface area contributed by atoms with Crippen LogP contribution in [0.15, 0.2) is 30.5 Å². The van der Waals surface area contributed by atoms with Crippen molar-refractivity contribution in [2.24, 2.45) is 0 Å². The van der Waals surface area contributed by atoms with Gasteiger partial charge in [0.1, 0.15) is 5.69 Å². The number of benzene rings is 1. The summed E-state index contributed by atoms with van der Waals surface area (Å²) in [5.41, 5.74) is 1.93. The molecule has 1 fully saturated rings. The number of hydrogen-bond donors (Lipinski definition) is 0. The normalized spacial score (nSPS) is 23.0. The molecule has 5 nitrogen and oxygen atoms in total. The molecule has 2 atom stereocenters. The van der Waals surface area contributed by atoms with Crippen LogP contribution in [0.25, 0.3) is 11.0 Å². The van der Waals surface area contributed by atoms with E-state index in [0.717, 1.165) is 11.0 Å². The molecule has 0 N–H and O–H groups in total. The molecular formula is C15H17N3O2. The van der Waals surface area contributed by atoms with Crippen LogP contribution < -0.4 is 0 Å². The number of morpholine rings is 1. The maximum atomic E-state index is 12.6. The van der Waals surface area contributed by atoms with E-state index in [1.807, 2.05) is 43.0 Å². The number of carbonyl (C=O) groups is 1. The van der Waals surface area contributed by atoms with Gasteiger partial charge in [-0.25, -0.2) is 4.98 Å². The Morgan fingerprint density at radius 1 is 1.30 bits per heavy atom. The summed E-state index contributed by atoms with van der Waals surface area (Å²) in [7, 11) is 0. The maximum Gasteiger partial charge on any atom is 0.274 e. The number of rotatable bonds is 1. The molecule has 2 unspecified atom stereocenters. The van der Waals surface area contributed by atoms with Crippen molar-refractivity contribution >= 4 is 16.9 Å². The molecule has 5 heteroatoms. The summed E-state index contributed by atoms with van der Waals surface area (Å²) in [4.78, 5) is 23.1. The highest BCUT2D eigenvalue weighted by Gasteiger charge is 2.29. The molecule has 0 aliphatic carbocycles. The third-order valence-electron chi connectivity index (χ3n) is 3.54. The van der Waals surface area contributed by atoms with E-state index < -0.39 is 0 Å². The Bertz CT molecular complexity index is 644. The second kappa shape index (κ2) is 5.17. The van der Waals surface area contributed by atoms with E-state index >= 15 is 0 Å². The van der Waals surface area contributed by atoms with Gasteiger partial charge in [-0.15, -0.1) is 0 Å². The van der Waals surface area contributed by atoms with Crippen LogP contribution in [0, 0.1) is 0 Å². The first kappa shape index (κ1) is 13.0. The van der Waals surface area contributed by atoms with Gasteiger partial charge < -0.3 is 9.64 Å². The Balaban J connectivity index is 1.91. The van der Waals surface area contributed by atoms with Crippen LogP contribution in [0.4, 0.5) is 0 Å². The van der Waals surface area contributed by atoms with Crippen LogP contribution in [0.3, 0.4) is 0 Å². The van der Waals surface area contributed by atoms with Crippen molar-refractivity contribution in [1.82, 2.24) is 14.9 Å². The van der Waals surface area contributed by atoms with Gasteiger partial charge in [0.05, 0.1) is 36.0 Å². The lowest BCUT2D eigenvalue weighted by atomic mass is 10.2. The number of ether oxygens (including phenoxy) is 1. The van der Waals surface area contributed by atoms with Crippen LogP contribution in [-0.4, -0.2) is 46.1 Å². The summed E-state index contributed by atoms with van der Waals surface area (Å²) in [6, 6.07) is 7.61. The van der Waals surface area contributed by atoms with Crippen molar-refractivity contribution in [3.8, 4) is 0 Å². The fraction of sp³-hybridized carbons (Fsp3) is 0.400. The first-order valence-corrected chi connectivity index (χ1v) is 6.79. The van der Waals surface area contributed by atoms with Gasteiger partial charge in [0.15, 0.2) is 0 Å². The second-order valence-corrected chi connectivity index (χ2v) is 5.19. The molecule has 1 amide bonds. The fourth-order valence-corrected chi connectivity index (χ4v) is 2.39. The summed E-state index contributed by atoms with van der Waals surface area (Å²) in [5.74, 6) is -0.0779. The standard InChI is InChI=1S/C15H17N3O2/c1-10-9-20-11(2)8-18(10)15(19)14-7-16-12-5-3-4-6-13(12)17-14/h3-7,10-11H,8-9H2,1-2H3. The van der Waals surface area contributed by atoms with Crippen molar-refractivity contribution in [2.75, 3.05) is 13.2 Å². The monoisotopic (exact) mass is 271 g/mol. The van der Waals surface area contributed by atoms with Crippen LogP contribution >= 0.6 is 0 Å². The van der Waals surface area contributed by atoms with E-state index in [2.05, 4.69) is 9.97 Å². The van der Waals surface area contributed by atoms with Gasteiger partial charge in [-0.05, 0) is 26.0 Å². The highest BCUT2D eigenvalue weighted by atomic mass is 16.5. The number of nitrogens with zero attached hydrogens (tertiary/aromatic N) is 3. The molecule has 0 saturated carbocycles. The summed E-state index contributed by atoms with van der Waals surface area (Å²) in [5, 5.41) is 0. The summed E-state index contributed by atoms with van der Waals surface area (Å²) < 4.78 is 5.55. The Kier molecular flexibility index (Phi) is 3.36. The Morgan fingerprint density at radius 2 is 2.05 bits per heavy atom. The number of fused-ring (bicyclic) bond motifs is 1. The largest absolute Gasteiger partial charge is 0.375 e. The van der Waals surface area contributed by atoms with Gasteiger partial charge >= 0.3 is 0 Å². The van der Waals surface area contributed by atoms with E-state index in [0.29, 0.717) is 18.8 Å². The summed E-state index contributed by atoms with van der Waals surface area (Å²) >= 11 is 0. The van der Waals surface area contributed by atoms with Gasteiger partial charge in [0.25, 0.3) is 5.91 Å². The molecule has 2 aromatic rings. The van der Waals surface area contributed by atoms with Crippen molar-refractivity contribution in [2.45, 2.75) is 26.0 Å². The molecular weight excluding hydrogens is 254 g/mol. The van der Waals surface area contributed by atoms with E-state index in [4.69, 9.17) is 4.74 Å². The summed E-state index contributed by atoms with van der Waals surface area (Å²) in [6.07, 6.45) is 1.61. The third-order valence-corrected chi connectivity index (χ3v) is 3.54. The zero-order chi connectivity index (χ0) is 14.1. The van der Waals surface area contributed by atoms with Crippen LogP contribution in [-0.2, 0) is 4.74 Å². The number of amides is 1. The highest BCUT2D eigenvalue weighted by molar-refractivity contribution is 5.94. The van der Waals surface area contributed by atoms with Crippen LogP contribution in [0.1, 0.15) is 24.3 Å². The minimum Gasteiger partial charge on any atom is -0.375 e. The lowest BCUT2D eigenvalue weighted by molar-refractivity contribution is -0.0389. The molecule has 20 heavy (non-hydrogen) atoms. The molecule has 1 aliphatic heterocycles. The SMILES string of the molecule is CC1CN(C(=O)c2cnc3ccccc3n2)C(C)CO1. The molecule has 1 aromatic heterocycles. The smallest absolute Gasteiger partial charge is 0.274 e. The van der Waals surface area contributed by atoms with E-state index in [1.54, 1.807) is 6.20 Å². The molecule has 0 spiro atoms. The molecule has 0 radical (unpaired) electrons. The molecule has 2 heterocycles. The Hall–Kier alpha value is -2.01. The molecule has 1 saturated heterocycles. The first-order valence-electron chi connectivity index (χ1n) is 6.79. The lowest BCUT2D eigenvalue weighted by Crippen LogP contribution is -2.50. The minimum atomic E-state index is -0.0779.